The Kier molecular flexibility index (Phi) is 50.1. The third-order valence-corrected chi connectivity index (χ3v) is 13.0. The lowest BCUT2D eigenvalue weighted by Gasteiger charge is -2.18. The summed E-state index contributed by atoms with van der Waals surface area (Å²) in [7, 11) is 0. The van der Waals surface area contributed by atoms with Crippen molar-refractivity contribution in [2.75, 3.05) is 13.2 Å². The molecule has 0 heterocycles. The fourth-order valence-electron chi connectivity index (χ4n) is 8.75. The third kappa shape index (κ3) is 51.3. The molecule has 0 fully saturated rings. The smallest absolute Gasteiger partial charge is 0.306 e. The number of unbranched alkanes of at least 4 members (excludes halogenated alkanes) is 39. The van der Waals surface area contributed by atoms with E-state index in [1.165, 1.54) is 218 Å². The Morgan fingerprint density at radius 1 is 0.302 bits per heavy atom. The topological polar surface area (TPSA) is 78.9 Å². The van der Waals surface area contributed by atoms with Crippen LogP contribution in [-0.2, 0) is 28.6 Å². The van der Waals surface area contributed by atoms with Gasteiger partial charge in [-0.15, -0.1) is 0 Å². The van der Waals surface area contributed by atoms with E-state index in [0.717, 1.165) is 63.7 Å². The predicted octanol–water partition coefficient (Wildman–Crippen LogP) is 18.6. The van der Waals surface area contributed by atoms with Gasteiger partial charge in [-0.3, -0.25) is 14.4 Å². The summed E-state index contributed by atoms with van der Waals surface area (Å²) >= 11 is 0. The number of carbonyl (C=O) groups excluding carboxylic acids is 3. The van der Waals surface area contributed by atoms with Crippen LogP contribution < -0.4 is 0 Å². The van der Waals surface area contributed by atoms with Crippen molar-refractivity contribution in [1.29, 1.82) is 0 Å². The average Bonchev–Trinajstić information content (AvgIpc) is 3.27. The highest BCUT2D eigenvalue weighted by molar-refractivity contribution is 5.71. The molecule has 63 heavy (non-hydrogen) atoms. The molecule has 0 saturated heterocycles. The predicted molar refractivity (Wildman–Crippen MR) is 270 cm³/mol. The van der Waals surface area contributed by atoms with Crippen molar-refractivity contribution in [2.45, 2.75) is 329 Å². The highest BCUT2D eigenvalue weighted by atomic mass is 16.6. The summed E-state index contributed by atoms with van der Waals surface area (Å²) < 4.78 is 16.9. The van der Waals surface area contributed by atoms with Gasteiger partial charge in [0.2, 0.25) is 0 Å². The minimum absolute atomic E-state index is 0.0621. The number of esters is 3. The number of ether oxygens (including phenoxy) is 3. The first kappa shape index (κ1) is 61.4. The van der Waals surface area contributed by atoms with E-state index in [1.54, 1.807) is 0 Å². The molecule has 0 aromatic carbocycles. The van der Waals surface area contributed by atoms with Gasteiger partial charge >= 0.3 is 17.9 Å². The Bertz CT molecular complexity index is 949. The van der Waals surface area contributed by atoms with Gasteiger partial charge in [0.05, 0.1) is 0 Å². The van der Waals surface area contributed by atoms with Gasteiger partial charge in [0.25, 0.3) is 0 Å². The minimum Gasteiger partial charge on any atom is -0.462 e. The van der Waals surface area contributed by atoms with Crippen LogP contribution in [0.1, 0.15) is 323 Å². The monoisotopic (exact) mass is 891 g/mol. The lowest BCUT2D eigenvalue weighted by atomic mass is 10.0. The molecule has 0 aromatic heterocycles. The van der Waals surface area contributed by atoms with Gasteiger partial charge in [-0.25, -0.2) is 0 Å². The summed E-state index contributed by atoms with van der Waals surface area (Å²) in [5.41, 5.74) is 0. The van der Waals surface area contributed by atoms with E-state index in [4.69, 9.17) is 14.2 Å². The fourth-order valence-corrected chi connectivity index (χ4v) is 8.75. The van der Waals surface area contributed by atoms with E-state index < -0.39 is 6.10 Å². The summed E-state index contributed by atoms with van der Waals surface area (Å²) in [5.74, 6) is -0.0189. The zero-order valence-corrected chi connectivity index (χ0v) is 43.0. The van der Waals surface area contributed by atoms with Gasteiger partial charge in [0, 0.05) is 19.3 Å². The van der Waals surface area contributed by atoms with Crippen molar-refractivity contribution < 1.29 is 28.6 Å². The van der Waals surface area contributed by atoms with Crippen molar-refractivity contribution in [3.05, 3.63) is 0 Å². The van der Waals surface area contributed by atoms with Crippen LogP contribution in [0.3, 0.4) is 0 Å². The highest BCUT2D eigenvalue weighted by Crippen LogP contribution is 2.18. The van der Waals surface area contributed by atoms with Crippen molar-refractivity contribution >= 4 is 17.9 Å². The first-order chi connectivity index (χ1) is 30.9. The lowest BCUT2D eigenvalue weighted by molar-refractivity contribution is -0.167. The van der Waals surface area contributed by atoms with Crippen LogP contribution >= 0.6 is 0 Å². The van der Waals surface area contributed by atoms with Gasteiger partial charge in [-0.2, -0.15) is 0 Å². The molecule has 0 unspecified atom stereocenters. The molecule has 1 atom stereocenters. The van der Waals surface area contributed by atoms with Gasteiger partial charge in [-0.05, 0) is 25.2 Å². The summed E-state index contributed by atoms with van der Waals surface area (Å²) in [6.07, 6.45) is 55.2. The largest absolute Gasteiger partial charge is 0.462 e. The maximum Gasteiger partial charge on any atom is 0.306 e. The second-order valence-corrected chi connectivity index (χ2v) is 20.1. The van der Waals surface area contributed by atoms with Crippen molar-refractivity contribution in [3.63, 3.8) is 0 Å². The molecule has 0 aliphatic carbocycles. The van der Waals surface area contributed by atoms with E-state index in [-0.39, 0.29) is 31.1 Å². The van der Waals surface area contributed by atoms with E-state index in [1.807, 2.05) is 0 Å². The standard InChI is InChI=1S/C57H110O6/c1-5-7-9-11-13-15-17-19-21-22-24-25-27-32-36-40-44-48-55(58)61-51-54(52-62-56(59)49-45-41-37-33-30-29-31-35-39-43-47-53(3)4)63-57(60)50-46-42-38-34-28-26-23-20-18-16-14-12-10-8-6-2/h53-54H,5-52H2,1-4H3/t54-/m1/s1. The Balaban J connectivity index is 4.29. The fraction of sp³-hybridized carbons (Fsp3) is 0.947. The first-order valence-electron chi connectivity index (χ1n) is 28.4. The van der Waals surface area contributed by atoms with Crippen molar-refractivity contribution in [1.82, 2.24) is 0 Å². The molecular formula is C57H110O6. The Morgan fingerprint density at radius 3 is 0.778 bits per heavy atom. The van der Waals surface area contributed by atoms with E-state index in [0.29, 0.717) is 19.3 Å². The van der Waals surface area contributed by atoms with Gasteiger partial charge in [0.15, 0.2) is 6.10 Å². The van der Waals surface area contributed by atoms with Crippen molar-refractivity contribution in [3.8, 4) is 0 Å². The normalized spacial score (nSPS) is 12.0. The molecule has 0 amide bonds. The zero-order valence-electron chi connectivity index (χ0n) is 43.0. The molecule has 0 bridgehead atoms. The Morgan fingerprint density at radius 2 is 0.524 bits per heavy atom. The van der Waals surface area contributed by atoms with Gasteiger partial charge < -0.3 is 14.2 Å². The first-order valence-corrected chi connectivity index (χ1v) is 28.4. The SMILES string of the molecule is CCCCCCCCCCCCCCCCCCCC(=O)OC[C@H](COC(=O)CCCCCCCCCCCCC(C)C)OC(=O)CCCCCCCCCCCCCCCCC. The van der Waals surface area contributed by atoms with E-state index in [2.05, 4.69) is 27.7 Å². The van der Waals surface area contributed by atoms with Gasteiger partial charge in [0.1, 0.15) is 13.2 Å². The highest BCUT2D eigenvalue weighted by Gasteiger charge is 2.19. The van der Waals surface area contributed by atoms with Crippen LogP contribution in [-0.4, -0.2) is 37.2 Å². The summed E-state index contributed by atoms with van der Waals surface area (Å²) in [6.45, 7) is 9.04. The molecule has 0 rings (SSSR count). The molecule has 6 nitrogen and oxygen atoms in total. The molecule has 0 aromatic rings. The molecule has 0 radical (unpaired) electrons. The van der Waals surface area contributed by atoms with E-state index in [9.17, 15) is 14.4 Å². The summed E-state index contributed by atoms with van der Waals surface area (Å²) in [5, 5.41) is 0. The Labute approximate surface area is 393 Å². The molecule has 0 aliphatic rings. The molecule has 0 aliphatic heterocycles. The second-order valence-electron chi connectivity index (χ2n) is 20.1. The summed E-state index contributed by atoms with van der Waals surface area (Å²) in [6, 6.07) is 0. The Hall–Kier alpha value is -1.59. The van der Waals surface area contributed by atoms with E-state index >= 15 is 0 Å². The van der Waals surface area contributed by atoms with Crippen molar-refractivity contribution in [2.24, 2.45) is 5.92 Å². The van der Waals surface area contributed by atoms with Crippen LogP contribution in [0.2, 0.25) is 0 Å². The lowest BCUT2D eigenvalue weighted by Crippen LogP contribution is -2.30. The minimum atomic E-state index is -0.761. The molecule has 0 saturated carbocycles. The molecular weight excluding hydrogens is 781 g/mol. The quantitative estimate of drug-likeness (QED) is 0.0344. The number of hydrogen-bond donors (Lipinski definition) is 0. The number of carbonyl (C=O) groups is 3. The van der Waals surface area contributed by atoms with Crippen LogP contribution in [0.25, 0.3) is 0 Å². The number of hydrogen-bond acceptors (Lipinski definition) is 6. The molecule has 374 valence electrons. The average molecular weight is 892 g/mol. The van der Waals surface area contributed by atoms with Gasteiger partial charge in [-0.1, -0.05) is 285 Å². The molecule has 0 spiro atoms. The van der Waals surface area contributed by atoms with Crippen LogP contribution in [0, 0.1) is 5.92 Å². The number of rotatable bonds is 52. The molecule has 0 N–H and O–H groups in total. The second kappa shape index (κ2) is 51.4. The third-order valence-electron chi connectivity index (χ3n) is 13.0. The van der Waals surface area contributed by atoms with Crippen LogP contribution in [0.5, 0.6) is 0 Å². The molecule has 6 heteroatoms. The zero-order chi connectivity index (χ0) is 45.9. The maximum atomic E-state index is 12.8. The van der Waals surface area contributed by atoms with Crippen LogP contribution in [0.4, 0.5) is 0 Å². The maximum absolute atomic E-state index is 12.8. The summed E-state index contributed by atoms with van der Waals surface area (Å²) in [4.78, 5) is 38.1. The van der Waals surface area contributed by atoms with Crippen LogP contribution in [0.15, 0.2) is 0 Å².